The quantitative estimate of drug-likeness (QED) is 0.730. The molecule has 2 aromatic carbocycles. The molecule has 4 heteroatoms. The lowest BCUT2D eigenvalue weighted by Gasteiger charge is -2.25. The molecule has 0 bridgehead atoms. The van der Waals surface area contributed by atoms with Gasteiger partial charge in [-0.3, -0.25) is 4.79 Å². The van der Waals surface area contributed by atoms with Gasteiger partial charge >= 0.3 is 0 Å². The number of benzene rings is 2. The summed E-state index contributed by atoms with van der Waals surface area (Å²) >= 11 is 1.27. The molecule has 2 aromatic rings. The molecule has 0 spiro atoms. The molecule has 0 fully saturated rings. The van der Waals surface area contributed by atoms with Crippen molar-refractivity contribution in [1.29, 1.82) is 0 Å². The number of hydrogen-bond acceptors (Lipinski definition) is 2. The van der Waals surface area contributed by atoms with Gasteiger partial charge in [0.2, 0.25) is 5.91 Å². The fourth-order valence-corrected chi connectivity index (χ4v) is 3.39. The fourth-order valence-electron chi connectivity index (χ4n) is 2.26. The molecule has 1 atom stereocenters. The third-order valence-electron chi connectivity index (χ3n) is 3.48. The maximum atomic E-state index is 13.9. The summed E-state index contributed by atoms with van der Waals surface area (Å²) in [5.74, 6) is -0.273. The predicted octanol–water partition coefficient (Wildman–Crippen LogP) is 4.53. The second-order valence-corrected chi connectivity index (χ2v) is 6.00. The van der Waals surface area contributed by atoms with E-state index < -0.39 is 5.25 Å². The lowest BCUT2D eigenvalue weighted by Crippen LogP contribution is -2.33. The minimum absolute atomic E-state index is 0.0180. The van der Waals surface area contributed by atoms with Crippen molar-refractivity contribution in [2.24, 2.45) is 0 Å². The zero-order valence-electron chi connectivity index (χ0n) is 12.8. The van der Waals surface area contributed by atoms with Crippen LogP contribution in [-0.2, 0) is 4.79 Å². The van der Waals surface area contributed by atoms with Crippen molar-refractivity contribution in [3.8, 4) is 0 Å². The SMILES string of the molecule is CCN(CC)C(=O)C(Sc1ccccc1F)c1ccccc1. The molecule has 0 aromatic heterocycles. The van der Waals surface area contributed by atoms with E-state index in [2.05, 4.69) is 0 Å². The first-order valence-electron chi connectivity index (χ1n) is 7.42. The molecule has 22 heavy (non-hydrogen) atoms. The van der Waals surface area contributed by atoms with E-state index in [4.69, 9.17) is 0 Å². The standard InChI is InChI=1S/C18H20FNOS/c1-3-20(4-2)18(21)17(14-10-6-5-7-11-14)22-16-13-9-8-12-15(16)19/h5-13,17H,3-4H2,1-2H3. The van der Waals surface area contributed by atoms with Crippen LogP contribution in [0.3, 0.4) is 0 Å². The molecule has 2 rings (SSSR count). The van der Waals surface area contributed by atoms with Crippen molar-refractivity contribution in [3.05, 3.63) is 66.0 Å². The Bertz CT molecular complexity index is 613. The van der Waals surface area contributed by atoms with Gasteiger partial charge in [-0.05, 0) is 31.5 Å². The molecule has 0 N–H and O–H groups in total. The van der Waals surface area contributed by atoms with Crippen molar-refractivity contribution in [3.63, 3.8) is 0 Å². The molecule has 0 aliphatic rings. The molecule has 0 aliphatic carbocycles. The Morgan fingerprint density at radius 3 is 2.23 bits per heavy atom. The van der Waals surface area contributed by atoms with Gasteiger partial charge in [-0.15, -0.1) is 11.8 Å². The first-order chi connectivity index (χ1) is 10.7. The summed E-state index contributed by atoms with van der Waals surface area (Å²) in [6.07, 6.45) is 0. The van der Waals surface area contributed by atoms with Gasteiger partial charge in [0.05, 0.1) is 0 Å². The first-order valence-corrected chi connectivity index (χ1v) is 8.30. The van der Waals surface area contributed by atoms with E-state index in [1.54, 1.807) is 23.1 Å². The Labute approximate surface area is 135 Å². The highest BCUT2D eigenvalue weighted by molar-refractivity contribution is 8.00. The van der Waals surface area contributed by atoms with Crippen LogP contribution in [0.15, 0.2) is 59.5 Å². The summed E-state index contributed by atoms with van der Waals surface area (Å²) in [5, 5.41) is -0.432. The van der Waals surface area contributed by atoms with E-state index in [1.807, 2.05) is 44.2 Å². The van der Waals surface area contributed by atoms with Crippen molar-refractivity contribution in [2.75, 3.05) is 13.1 Å². The number of hydrogen-bond donors (Lipinski definition) is 0. The van der Waals surface area contributed by atoms with Gasteiger partial charge in [-0.2, -0.15) is 0 Å². The highest BCUT2D eigenvalue weighted by atomic mass is 32.2. The number of carbonyl (C=O) groups excluding carboxylic acids is 1. The second-order valence-electron chi connectivity index (χ2n) is 4.85. The number of nitrogens with zero attached hydrogens (tertiary/aromatic N) is 1. The highest BCUT2D eigenvalue weighted by Gasteiger charge is 2.26. The topological polar surface area (TPSA) is 20.3 Å². The molecule has 0 saturated carbocycles. The van der Waals surface area contributed by atoms with Crippen LogP contribution < -0.4 is 0 Å². The van der Waals surface area contributed by atoms with E-state index in [0.717, 1.165) is 5.56 Å². The molecule has 0 radical (unpaired) electrons. The summed E-state index contributed by atoms with van der Waals surface area (Å²) in [6, 6.07) is 16.1. The average Bonchev–Trinajstić information content (AvgIpc) is 2.56. The summed E-state index contributed by atoms with van der Waals surface area (Å²) < 4.78 is 13.9. The number of amides is 1. The third-order valence-corrected chi connectivity index (χ3v) is 4.78. The Balaban J connectivity index is 2.34. The smallest absolute Gasteiger partial charge is 0.240 e. The van der Waals surface area contributed by atoms with Crippen molar-refractivity contribution < 1.29 is 9.18 Å². The van der Waals surface area contributed by atoms with Crippen LogP contribution in [0.2, 0.25) is 0 Å². The molecule has 116 valence electrons. The zero-order valence-corrected chi connectivity index (χ0v) is 13.6. The molecule has 0 aliphatic heterocycles. The van der Waals surface area contributed by atoms with Gasteiger partial charge in [-0.1, -0.05) is 42.5 Å². The molecule has 1 amide bonds. The normalized spacial score (nSPS) is 12.0. The number of halogens is 1. The first kappa shape index (κ1) is 16.6. The minimum atomic E-state index is -0.432. The molecular formula is C18H20FNOS. The Hall–Kier alpha value is -1.81. The average molecular weight is 317 g/mol. The Morgan fingerprint density at radius 2 is 1.64 bits per heavy atom. The van der Waals surface area contributed by atoms with Crippen LogP contribution in [0.25, 0.3) is 0 Å². The van der Waals surface area contributed by atoms with Crippen LogP contribution in [0.5, 0.6) is 0 Å². The lowest BCUT2D eigenvalue weighted by atomic mass is 10.1. The van der Waals surface area contributed by atoms with E-state index in [1.165, 1.54) is 17.8 Å². The van der Waals surface area contributed by atoms with Gasteiger partial charge in [0, 0.05) is 18.0 Å². The van der Waals surface area contributed by atoms with E-state index in [0.29, 0.717) is 18.0 Å². The van der Waals surface area contributed by atoms with Gasteiger partial charge in [-0.25, -0.2) is 4.39 Å². The highest BCUT2D eigenvalue weighted by Crippen LogP contribution is 2.37. The summed E-state index contributed by atoms with van der Waals surface area (Å²) in [6.45, 7) is 5.21. The van der Waals surface area contributed by atoms with Gasteiger partial charge < -0.3 is 4.90 Å². The molecular weight excluding hydrogens is 297 g/mol. The minimum Gasteiger partial charge on any atom is -0.342 e. The Morgan fingerprint density at radius 1 is 1.05 bits per heavy atom. The lowest BCUT2D eigenvalue weighted by molar-refractivity contribution is -0.130. The third kappa shape index (κ3) is 3.89. The van der Waals surface area contributed by atoms with Gasteiger partial charge in [0.25, 0.3) is 0 Å². The summed E-state index contributed by atoms with van der Waals surface area (Å²) in [7, 11) is 0. The van der Waals surface area contributed by atoms with E-state index >= 15 is 0 Å². The maximum absolute atomic E-state index is 13.9. The number of thioether (sulfide) groups is 1. The van der Waals surface area contributed by atoms with Crippen molar-refractivity contribution >= 4 is 17.7 Å². The predicted molar refractivity (Wildman–Crippen MR) is 89.4 cm³/mol. The fraction of sp³-hybridized carbons (Fsp3) is 0.278. The molecule has 1 unspecified atom stereocenters. The van der Waals surface area contributed by atoms with Crippen LogP contribution in [0.1, 0.15) is 24.7 Å². The zero-order chi connectivity index (χ0) is 15.9. The van der Waals surface area contributed by atoms with Gasteiger partial charge in [0.15, 0.2) is 0 Å². The Kier molecular flexibility index (Phi) is 6.01. The molecule has 0 saturated heterocycles. The molecule has 2 nitrogen and oxygen atoms in total. The van der Waals surface area contributed by atoms with E-state index in [-0.39, 0.29) is 11.7 Å². The van der Waals surface area contributed by atoms with E-state index in [9.17, 15) is 9.18 Å². The van der Waals surface area contributed by atoms with Crippen LogP contribution in [-0.4, -0.2) is 23.9 Å². The summed E-state index contributed by atoms with van der Waals surface area (Å²) in [5.41, 5.74) is 0.896. The van der Waals surface area contributed by atoms with Gasteiger partial charge in [0.1, 0.15) is 11.1 Å². The molecule has 0 heterocycles. The number of carbonyl (C=O) groups is 1. The number of rotatable bonds is 6. The van der Waals surface area contributed by atoms with Crippen LogP contribution in [0.4, 0.5) is 4.39 Å². The monoisotopic (exact) mass is 317 g/mol. The van der Waals surface area contributed by atoms with Crippen molar-refractivity contribution in [2.45, 2.75) is 24.0 Å². The maximum Gasteiger partial charge on any atom is 0.240 e. The second kappa shape index (κ2) is 7.99. The van der Waals surface area contributed by atoms with Crippen LogP contribution in [0, 0.1) is 5.82 Å². The largest absolute Gasteiger partial charge is 0.342 e. The number of likely N-dealkylation sites (N-methyl/N-ethyl adjacent to an activating group) is 1. The van der Waals surface area contributed by atoms with Crippen LogP contribution >= 0.6 is 11.8 Å². The van der Waals surface area contributed by atoms with Crippen molar-refractivity contribution in [1.82, 2.24) is 4.90 Å². The summed E-state index contributed by atoms with van der Waals surface area (Å²) in [4.78, 5) is 15.1.